The Kier molecular flexibility index (Phi) is 5.69. The van der Waals surface area contributed by atoms with Crippen molar-refractivity contribution in [1.29, 1.82) is 0 Å². The van der Waals surface area contributed by atoms with E-state index in [0.717, 1.165) is 16.4 Å². The molecule has 0 unspecified atom stereocenters. The molecule has 7 nitrogen and oxygen atoms in total. The average Bonchev–Trinajstić information content (AvgIpc) is 3.27. The monoisotopic (exact) mass is 485 g/mol. The first-order chi connectivity index (χ1) is 15.4. The first-order valence-corrected chi connectivity index (χ1v) is 11.4. The van der Waals surface area contributed by atoms with Crippen LogP contribution < -0.4 is 0 Å². The molecule has 2 heterocycles. The highest BCUT2D eigenvalue weighted by atomic mass is 32.2. The van der Waals surface area contributed by atoms with Crippen LogP contribution in [0.4, 0.5) is 17.6 Å². The molecule has 33 heavy (non-hydrogen) atoms. The van der Waals surface area contributed by atoms with Crippen LogP contribution in [0.3, 0.4) is 0 Å². The Hall–Kier alpha value is -2.99. The Labute approximate surface area is 186 Å². The van der Waals surface area contributed by atoms with Crippen molar-refractivity contribution in [3.05, 3.63) is 59.5 Å². The first kappa shape index (κ1) is 23.2. The predicted molar refractivity (Wildman–Crippen MR) is 109 cm³/mol. The summed E-state index contributed by atoms with van der Waals surface area (Å²) < 4.78 is 81.1. The Morgan fingerprint density at radius 2 is 1.82 bits per heavy atom. The average molecular weight is 485 g/mol. The molecule has 4 rings (SSSR count). The van der Waals surface area contributed by atoms with Gasteiger partial charge >= 0.3 is 12.1 Å². The van der Waals surface area contributed by atoms with Crippen LogP contribution in [-0.4, -0.2) is 46.7 Å². The van der Waals surface area contributed by atoms with Crippen molar-refractivity contribution >= 4 is 26.9 Å². The van der Waals surface area contributed by atoms with Gasteiger partial charge in [0.1, 0.15) is 5.82 Å². The summed E-state index contributed by atoms with van der Waals surface area (Å²) in [6.07, 6.45) is -4.97. The van der Waals surface area contributed by atoms with Gasteiger partial charge in [-0.05, 0) is 48.4 Å². The third-order valence-electron chi connectivity index (χ3n) is 5.74. The fraction of sp³-hybridized carbons (Fsp3) is 0.333. The number of aromatic nitrogens is 2. The van der Waals surface area contributed by atoms with Gasteiger partial charge in [0.05, 0.1) is 34.1 Å². The summed E-state index contributed by atoms with van der Waals surface area (Å²) in [4.78, 5) is 10.9. The van der Waals surface area contributed by atoms with E-state index in [9.17, 15) is 35.9 Å². The molecule has 1 aromatic heterocycles. The molecule has 1 N–H and O–H groups in total. The quantitative estimate of drug-likeness (QED) is 0.557. The number of halogens is 4. The van der Waals surface area contributed by atoms with Crippen LogP contribution in [0.1, 0.15) is 24.2 Å². The van der Waals surface area contributed by atoms with Crippen LogP contribution in [-0.2, 0) is 27.4 Å². The van der Waals surface area contributed by atoms with Crippen molar-refractivity contribution in [2.75, 3.05) is 13.1 Å². The van der Waals surface area contributed by atoms with Crippen LogP contribution in [0, 0.1) is 11.7 Å². The predicted octanol–water partition coefficient (Wildman–Crippen LogP) is 3.70. The van der Waals surface area contributed by atoms with Crippen molar-refractivity contribution in [3.8, 4) is 0 Å². The standard InChI is InChI=1S/C21H19F4N3O4S/c1-12-10-27(33(31,32)15-5-2-13(3-6-15)21(23,24)25)11-19(12)28-18-8-14(22)4-7-16(18)17(26-28)9-20(29)30/h2-8,12,19H,9-11H2,1H3,(H,29,30)/t12-,19+/m1/s1. The summed E-state index contributed by atoms with van der Waals surface area (Å²) >= 11 is 0. The summed E-state index contributed by atoms with van der Waals surface area (Å²) in [5.41, 5.74) is -0.379. The molecule has 1 aliphatic rings. The number of hydrogen-bond donors (Lipinski definition) is 1. The highest BCUT2D eigenvalue weighted by Gasteiger charge is 2.40. The van der Waals surface area contributed by atoms with E-state index in [-0.39, 0.29) is 36.0 Å². The molecule has 0 spiro atoms. The largest absolute Gasteiger partial charge is 0.481 e. The van der Waals surface area contributed by atoms with Crippen LogP contribution in [0.25, 0.3) is 10.9 Å². The molecule has 0 amide bonds. The lowest BCUT2D eigenvalue weighted by atomic mass is 10.1. The third-order valence-corrected chi connectivity index (χ3v) is 7.58. The maximum atomic E-state index is 13.9. The van der Waals surface area contributed by atoms with Gasteiger partial charge in [-0.1, -0.05) is 6.92 Å². The molecule has 3 aromatic rings. The Bertz CT molecular complexity index is 1320. The number of sulfonamides is 1. The molecular weight excluding hydrogens is 466 g/mol. The number of benzene rings is 2. The molecule has 0 saturated carbocycles. The molecule has 176 valence electrons. The summed E-state index contributed by atoms with van der Waals surface area (Å²) in [6, 6.07) is 6.58. The highest BCUT2D eigenvalue weighted by Crippen LogP contribution is 2.35. The first-order valence-electron chi connectivity index (χ1n) is 9.94. The lowest BCUT2D eigenvalue weighted by Crippen LogP contribution is -2.29. The number of fused-ring (bicyclic) bond motifs is 1. The molecular formula is C21H19F4N3O4S. The molecule has 2 atom stereocenters. The Morgan fingerprint density at radius 1 is 1.15 bits per heavy atom. The van der Waals surface area contributed by atoms with Gasteiger partial charge in [-0.15, -0.1) is 0 Å². The van der Waals surface area contributed by atoms with Gasteiger partial charge in [0.25, 0.3) is 0 Å². The summed E-state index contributed by atoms with van der Waals surface area (Å²) in [5, 5.41) is 14.0. The molecule has 0 bridgehead atoms. The smallest absolute Gasteiger partial charge is 0.416 e. The van der Waals surface area contributed by atoms with Crippen LogP contribution in [0.5, 0.6) is 0 Å². The van der Waals surface area contributed by atoms with Gasteiger partial charge in [0.15, 0.2) is 0 Å². The number of rotatable bonds is 5. The number of hydrogen-bond acceptors (Lipinski definition) is 4. The molecule has 0 radical (unpaired) electrons. The fourth-order valence-electron chi connectivity index (χ4n) is 4.09. The Morgan fingerprint density at radius 3 is 2.42 bits per heavy atom. The van der Waals surface area contributed by atoms with E-state index in [0.29, 0.717) is 23.0 Å². The van der Waals surface area contributed by atoms with Crippen LogP contribution in [0.15, 0.2) is 47.4 Å². The lowest BCUT2D eigenvalue weighted by molar-refractivity contribution is -0.138. The number of nitrogens with zero attached hydrogens (tertiary/aromatic N) is 3. The van der Waals surface area contributed by atoms with Gasteiger partial charge in [-0.3, -0.25) is 9.48 Å². The minimum atomic E-state index is -4.58. The number of carboxylic acids is 1. The van der Waals surface area contributed by atoms with Crippen molar-refractivity contribution in [2.24, 2.45) is 5.92 Å². The van der Waals surface area contributed by atoms with E-state index in [1.165, 1.54) is 22.9 Å². The topological polar surface area (TPSA) is 92.5 Å². The van der Waals surface area contributed by atoms with Crippen LogP contribution in [0.2, 0.25) is 0 Å². The molecule has 1 aliphatic heterocycles. The molecule has 2 aromatic carbocycles. The number of carbonyl (C=O) groups is 1. The lowest BCUT2D eigenvalue weighted by Gasteiger charge is -2.18. The molecule has 12 heteroatoms. The van der Waals surface area contributed by atoms with Crippen molar-refractivity contribution < 1.29 is 35.9 Å². The third kappa shape index (κ3) is 4.32. The second kappa shape index (κ2) is 8.10. The second-order valence-electron chi connectivity index (χ2n) is 8.01. The summed E-state index contributed by atoms with van der Waals surface area (Å²) in [6.45, 7) is 1.79. The van der Waals surface area contributed by atoms with E-state index in [2.05, 4.69) is 5.10 Å². The SMILES string of the molecule is C[C@@H]1CN(S(=O)(=O)c2ccc(C(F)(F)F)cc2)C[C@@H]1n1nc(CC(=O)O)c2ccc(F)cc21. The van der Waals surface area contributed by atoms with E-state index < -0.39 is 39.6 Å². The fourth-order valence-corrected chi connectivity index (χ4v) is 5.65. The molecule has 0 aliphatic carbocycles. The van der Waals surface area contributed by atoms with Crippen molar-refractivity contribution in [3.63, 3.8) is 0 Å². The normalized spacial score (nSPS) is 19.9. The zero-order valence-electron chi connectivity index (χ0n) is 17.3. The molecule has 1 fully saturated rings. The maximum absolute atomic E-state index is 13.9. The Balaban J connectivity index is 1.67. The van der Waals surface area contributed by atoms with E-state index in [1.807, 2.05) is 0 Å². The van der Waals surface area contributed by atoms with Gasteiger partial charge in [0.2, 0.25) is 10.0 Å². The maximum Gasteiger partial charge on any atom is 0.416 e. The number of alkyl halides is 3. The summed E-state index contributed by atoms with van der Waals surface area (Å²) in [7, 11) is -4.09. The van der Waals surface area contributed by atoms with Gasteiger partial charge in [-0.2, -0.15) is 22.6 Å². The van der Waals surface area contributed by atoms with Crippen molar-refractivity contribution in [1.82, 2.24) is 14.1 Å². The van der Waals surface area contributed by atoms with E-state index in [1.54, 1.807) is 6.92 Å². The van der Waals surface area contributed by atoms with E-state index >= 15 is 0 Å². The summed E-state index contributed by atoms with van der Waals surface area (Å²) in [5.74, 6) is -1.94. The second-order valence-corrected chi connectivity index (χ2v) is 9.95. The van der Waals surface area contributed by atoms with Crippen molar-refractivity contribution in [2.45, 2.75) is 30.5 Å². The van der Waals surface area contributed by atoms with Gasteiger partial charge < -0.3 is 5.11 Å². The number of carboxylic acid groups (broad SMARTS) is 1. The minimum Gasteiger partial charge on any atom is -0.481 e. The minimum absolute atomic E-state index is 0.0513. The van der Waals surface area contributed by atoms with Crippen LogP contribution >= 0.6 is 0 Å². The van der Waals surface area contributed by atoms with Gasteiger partial charge in [0, 0.05) is 18.5 Å². The number of aliphatic carboxylic acids is 1. The zero-order valence-corrected chi connectivity index (χ0v) is 18.1. The van der Waals surface area contributed by atoms with E-state index in [4.69, 9.17) is 0 Å². The highest BCUT2D eigenvalue weighted by molar-refractivity contribution is 7.89. The van der Waals surface area contributed by atoms with Gasteiger partial charge in [-0.25, -0.2) is 12.8 Å². The zero-order chi connectivity index (χ0) is 24.1. The molecule has 1 saturated heterocycles.